The van der Waals surface area contributed by atoms with Crippen molar-refractivity contribution in [2.45, 2.75) is 52.9 Å². The van der Waals surface area contributed by atoms with Crippen LogP contribution in [0.4, 0.5) is 34.6 Å². The second-order valence-corrected chi connectivity index (χ2v) is 21.5. The zero-order chi connectivity index (χ0) is 67.1. The van der Waals surface area contributed by atoms with Crippen LogP contribution in [0.5, 0.6) is 23.0 Å². The van der Waals surface area contributed by atoms with Crippen molar-refractivity contribution >= 4 is 57.6 Å². The van der Waals surface area contributed by atoms with Crippen LogP contribution in [-0.2, 0) is 13.1 Å². The quantitative estimate of drug-likeness (QED) is 0.0329. The van der Waals surface area contributed by atoms with Gasteiger partial charge in [-0.2, -0.15) is 10.2 Å². The van der Waals surface area contributed by atoms with E-state index in [0.29, 0.717) is 64.4 Å². The summed E-state index contributed by atoms with van der Waals surface area (Å²) in [6.45, 7) is 8.11. The minimum atomic E-state index is -1.20. The van der Waals surface area contributed by atoms with Gasteiger partial charge in [-0.25, -0.2) is 33.8 Å². The summed E-state index contributed by atoms with van der Waals surface area (Å²) in [5.74, 6) is 2.85. The number of carboxylic acids is 1. The molecule has 12 rings (SSSR count). The molecule has 0 spiro atoms. The number of carboxylic acid groups (broad SMARTS) is 1. The Balaban J connectivity index is 0.000000185. The van der Waals surface area contributed by atoms with Crippen molar-refractivity contribution in [3.8, 4) is 34.4 Å². The normalized spacial score (nSPS) is 11.4. The largest absolute Gasteiger partial charge is 0.497 e. The van der Waals surface area contributed by atoms with E-state index in [0.717, 1.165) is 45.2 Å². The molecule has 95 heavy (non-hydrogen) atoms. The summed E-state index contributed by atoms with van der Waals surface area (Å²) in [4.78, 5) is 71.1. The number of methoxy groups -OCH3 is 4. The van der Waals surface area contributed by atoms with E-state index in [1.54, 1.807) is 91.7 Å². The Morgan fingerprint density at radius 3 is 1.36 bits per heavy atom. The van der Waals surface area contributed by atoms with Crippen molar-refractivity contribution in [3.63, 3.8) is 0 Å². The van der Waals surface area contributed by atoms with Crippen LogP contribution in [0.25, 0.3) is 22.4 Å². The predicted octanol–water partition coefficient (Wildman–Crippen LogP) is 11.0. The SMILES string of the molecule is COc1ccc(CNc2ncnc(N[C@@H](C)c3nn4ccc(C)c4c(=O)n3-c3ccccc3)c2C(=O)Nc2cccc(OC)c2)cc1.COc1ccc(CNc2ncnc(N[C@@H](C)c3nn4ccc(C)c4c(=O)n3-c3ccccc3)c2C(=O)O)cc1.COc1cccc(N)c1. The third kappa shape index (κ3) is 15.3. The Morgan fingerprint density at radius 1 is 0.505 bits per heavy atom. The Bertz CT molecular complexity index is 4770. The third-order valence-corrected chi connectivity index (χ3v) is 15.1. The number of rotatable bonds is 21. The molecule has 2 atom stereocenters. The van der Waals surface area contributed by atoms with Gasteiger partial charge in [0.1, 0.15) is 81.1 Å². The Kier molecular flexibility index (Phi) is 20.7. The summed E-state index contributed by atoms with van der Waals surface area (Å²) in [6.07, 6.45) is 6.15. The van der Waals surface area contributed by atoms with Crippen molar-refractivity contribution in [2.75, 3.05) is 60.8 Å². The van der Waals surface area contributed by atoms with E-state index in [9.17, 15) is 24.3 Å². The van der Waals surface area contributed by atoms with E-state index in [-0.39, 0.29) is 39.7 Å². The van der Waals surface area contributed by atoms with Gasteiger partial charge < -0.3 is 56.4 Å². The lowest BCUT2D eigenvalue weighted by Gasteiger charge is -2.21. The molecular weight excluding hydrogens is 1210 g/mol. The van der Waals surface area contributed by atoms with Crippen LogP contribution in [0.2, 0.25) is 0 Å². The fourth-order valence-electron chi connectivity index (χ4n) is 10.3. The summed E-state index contributed by atoms with van der Waals surface area (Å²) in [5.41, 5.74) is 12.1. The first-order valence-electron chi connectivity index (χ1n) is 29.9. The highest BCUT2D eigenvalue weighted by Gasteiger charge is 2.27. The van der Waals surface area contributed by atoms with E-state index >= 15 is 0 Å². The molecule has 8 N–H and O–H groups in total. The van der Waals surface area contributed by atoms with Crippen molar-refractivity contribution in [3.05, 3.63) is 261 Å². The minimum absolute atomic E-state index is 0.0971. The number of nitrogens with two attached hydrogens (primary N) is 1. The molecule has 0 saturated heterocycles. The molecule has 0 bridgehead atoms. The van der Waals surface area contributed by atoms with Gasteiger partial charge in [-0.15, -0.1) is 0 Å². The second kappa shape index (κ2) is 30.1. The fourth-order valence-corrected chi connectivity index (χ4v) is 10.3. The molecule has 25 heteroatoms. The molecule has 6 aromatic carbocycles. The lowest BCUT2D eigenvalue weighted by molar-refractivity contribution is 0.0697. The number of hydrogen-bond donors (Lipinski definition) is 7. The number of aryl methyl sites for hydroxylation is 2. The lowest BCUT2D eigenvalue weighted by Crippen LogP contribution is -2.30. The number of aromatic carboxylic acids is 1. The third-order valence-electron chi connectivity index (χ3n) is 15.1. The Morgan fingerprint density at radius 2 is 0.926 bits per heavy atom. The van der Waals surface area contributed by atoms with E-state index in [1.165, 1.54) is 17.2 Å². The van der Waals surface area contributed by atoms with Crippen LogP contribution in [0, 0.1) is 13.8 Å². The zero-order valence-corrected chi connectivity index (χ0v) is 53.3. The van der Waals surface area contributed by atoms with Gasteiger partial charge in [0.05, 0.1) is 51.9 Å². The average Bonchev–Trinajstić information content (AvgIpc) is 1.74. The number of carbonyl (C=O) groups excluding carboxylic acids is 1. The number of ether oxygens (including phenoxy) is 4. The number of amides is 1. The van der Waals surface area contributed by atoms with E-state index in [2.05, 4.69) is 46.5 Å². The van der Waals surface area contributed by atoms with Crippen LogP contribution < -0.4 is 62.4 Å². The Labute approximate surface area is 545 Å². The zero-order valence-electron chi connectivity index (χ0n) is 53.3. The number of hydrogen-bond acceptors (Lipinski definition) is 19. The number of benzene rings is 6. The van der Waals surface area contributed by atoms with Crippen LogP contribution in [0.3, 0.4) is 0 Å². The summed E-state index contributed by atoms with van der Waals surface area (Å²) >= 11 is 0. The number of nitrogen functional groups attached to an aromatic ring is 1. The van der Waals surface area contributed by atoms with Crippen molar-refractivity contribution in [1.29, 1.82) is 0 Å². The van der Waals surface area contributed by atoms with Gasteiger partial charge >= 0.3 is 5.97 Å². The first kappa shape index (κ1) is 65.4. The topological polar surface area (TPSA) is 308 Å². The molecule has 0 unspecified atom stereocenters. The minimum Gasteiger partial charge on any atom is -0.497 e. The van der Waals surface area contributed by atoms with Gasteiger partial charge in [-0.1, -0.05) is 72.8 Å². The van der Waals surface area contributed by atoms with E-state index in [4.69, 9.17) is 34.9 Å². The van der Waals surface area contributed by atoms with E-state index < -0.39 is 24.0 Å². The van der Waals surface area contributed by atoms with Gasteiger partial charge in [0, 0.05) is 49.0 Å². The van der Waals surface area contributed by atoms with Gasteiger partial charge in [-0.3, -0.25) is 23.5 Å². The van der Waals surface area contributed by atoms with Crippen LogP contribution in [-0.4, -0.2) is 93.7 Å². The highest BCUT2D eigenvalue weighted by molar-refractivity contribution is 6.11. The molecule has 6 aromatic heterocycles. The molecule has 484 valence electrons. The fraction of sp³-hybridized carbons (Fsp3) is 0.171. The summed E-state index contributed by atoms with van der Waals surface area (Å²) in [7, 11) is 6.39. The van der Waals surface area contributed by atoms with Crippen LogP contribution in [0.1, 0.15) is 80.5 Å². The molecule has 0 radical (unpaired) electrons. The van der Waals surface area contributed by atoms with Gasteiger partial charge in [0.15, 0.2) is 11.6 Å². The Hall–Kier alpha value is -12.5. The standard InChI is InChI=1S/C35H34N8O4.C28H27N7O4.C7H9NO/c1-22-17-18-42-30(22)35(45)43(26-10-6-5-7-11-26)33(41-42)23(2)39-32-29(34(44)40-25-9-8-12-28(19-25)47-4)31(37-21-38-32)36-20-24-13-15-27(46-3)16-14-24;1-17-13-14-34-23(17)27(36)35(20-7-5-4-6-8-20)26(33-34)18(2)32-25-22(28(37)38)24(30-16-31-25)29-15-19-9-11-21(39-3)12-10-19;1-9-7-4-2-3-6(8)5-7/h5-19,21,23H,20H2,1-4H3,(H,40,44)(H2,36,37,38,39);4-14,16,18H,15H2,1-3H3,(H,37,38)(H2,29,30,31,32);2-5H,8H2,1H3/t23-;18-;/m00./s1. The molecule has 1 amide bonds. The van der Waals surface area contributed by atoms with Crippen molar-refractivity contribution in [1.82, 2.24) is 48.3 Å². The van der Waals surface area contributed by atoms with Gasteiger partial charge in [0.2, 0.25) is 0 Å². The maximum absolute atomic E-state index is 14.0. The number of para-hydroxylation sites is 2. The highest BCUT2D eigenvalue weighted by atomic mass is 16.5. The number of anilines is 6. The van der Waals surface area contributed by atoms with Gasteiger partial charge in [0.25, 0.3) is 17.0 Å². The van der Waals surface area contributed by atoms with E-state index in [1.807, 2.05) is 160 Å². The first-order chi connectivity index (χ1) is 46.0. The number of fused-ring (bicyclic) bond motifs is 2. The molecule has 0 fully saturated rings. The monoisotopic (exact) mass is 1280 g/mol. The first-order valence-corrected chi connectivity index (χ1v) is 29.9. The average molecular weight is 1280 g/mol. The summed E-state index contributed by atoms with van der Waals surface area (Å²) < 4.78 is 27.0. The molecule has 0 aliphatic heterocycles. The van der Waals surface area contributed by atoms with Crippen molar-refractivity contribution < 1.29 is 33.6 Å². The number of nitrogens with one attached hydrogen (secondary N) is 5. The maximum Gasteiger partial charge on any atom is 0.343 e. The number of carbonyl (C=O) groups is 2. The summed E-state index contributed by atoms with van der Waals surface area (Å²) in [6, 6.07) is 50.4. The van der Waals surface area contributed by atoms with Crippen LogP contribution >= 0.6 is 0 Å². The van der Waals surface area contributed by atoms with Crippen LogP contribution in [0.15, 0.2) is 204 Å². The number of aromatic nitrogens is 10. The lowest BCUT2D eigenvalue weighted by atomic mass is 10.2. The highest BCUT2D eigenvalue weighted by Crippen LogP contribution is 2.30. The molecular formula is C70H70N16O9. The molecule has 12 aromatic rings. The molecule has 6 heterocycles. The maximum atomic E-state index is 14.0. The molecule has 25 nitrogen and oxygen atoms in total. The summed E-state index contributed by atoms with van der Waals surface area (Å²) in [5, 5.41) is 35.4. The molecule has 0 saturated carbocycles. The predicted molar refractivity (Wildman–Crippen MR) is 365 cm³/mol. The number of nitrogens with zero attached hydrogens (tertiary/aromatic N) is 10. The smallest absolute Gasteiger partial charge is 0.343 e. The second-order valence-electron chi connectivity index (χ2n) is 21.5. The van der Waals surface area contributed by atoms with Crippen molar-refractivity contribution in [2.24, 2.45) is 0 Å². The molecule has 0 aliphatic carbocycles. The molecule has 0 aliphatic rings. The van der Waals surface area contributed by atoms with Gasteiger partial charge in [-0.05, 0) is 135 Å².